The molecule has 1 N–H and O–H groups in total. The maximum Gasteiger partial charge on any atom is 0.139 e. The highest BCUT2D eigenvalue weighted by Gasteiger charge is 2.23. The summed E-state index contributed by atoms with van der Waals surface area (Å²) in [7, 11) is -2.48. The zero-order valence-electron chi connectivity index (χ0n) is 8.47. The Morgan fingerprint density at radius 1 is 1.80 bits per heavy atom. The smallest absolute Gasteiger partial charge is 0.139 e. The zero-order valence-corrected chi connectivity index (χ0v) is 6.29. The van der Waals surface area contributed by atoms with Crippen LogP contribution >= 0.6 is 12.4 Å². The van der Waals surface area contributed by atoms with Gasteiger partial charge < -0.3 is 10.1 Å². The lowest BCUT2D eigenvalue weighted by molar-refractivity contribution is 0.0132. The average Bonchev–Trinajstić information content (AvgIpc) is 1.91. The minimum atomic E-state index is -2.48. The number of hydrogen-bond donors (Lipinski definition) is 1. The Morgan fingerprint density at radius 2 is 2.60 bits per heavy atom. The van der Waals surface area contributed by atoms with Gasteiger partial charge in [0.1, 0.15) is 6.17 Å². The summed E-state index contributed by atoms with van der Waals surface area (Å²) in [5.74, 6) is 0. The van der Waals surface area contributed by atoms with Crippen molar-refractivity contribution >= 4 is 12.4 Å². The fourth-order valence-corrected chi connectivity index (χ4v) is 0.929. The molecule has 2 atom stereocenters. The topological polar surface area (TPSA) is 21.3 Å². The summed E-state index contributed by atoms with van der Waals surface area (Å²) in [5.41, 5.74) is 0. The lowest BCUT2D eigenvalue weighted by atomic mass is 10.1. The first-order valence-corrected chi connectivity index (χ1v) is 3.01. The molecule has 0 aromatic heterocycles. The Bertz CT molecular complexity index is 157. The van der Waals surface area contributed by atoms with Gasteiger partial charge in [0.25, 0.3) is 0 Å². The van der Waals surface area contributed by atoms with Gasteiger partial charge in [0, 0.05) is 13.6 Å². The Hall–Kier alpha value is 0.140. The number of alkyl halides is 1. The van der Waals surface area contributed by atoms with Crippen LogP contribution in [0.15, 0.2) is 0 Å². The molecule has 1 fully saturated rings. The van der Waals surface area contributed by atoms with Gasteiger partial charge in [-0.3, -0.25) is 0 Å². The SMILES string of the molecule is Cl.[2H]C([2H])([2H])O[C@@H]1CCNC[C@@H]1F. The van der Waals surface area contributed by atoms with Crippen molar-refractivity contribution < 1.29 is 13.2 Å². The van der Waals surface area contributed by atoms with Crippen LogP contribution in [0, 0.1) is 0 Å². The van der Waals surface area contributed by atoms with Crippen LogP contribution in [0.1, 0.15) is 10.5 Å². The molecule has 0 aliphatic carbocycles. The highest BCUT2D eigenvalue weighted by atomic mass is 35.5. The standard InChI is InChI=1S/C6H12FNO.ClH/c1-9-6-2-3-8-4-5(6)7;/h5-6,8H,2-4H2,1H3;1H/t5-,6+;/m0./s1/i1D3;. The van der Waals surface area contributed by atoms with Gasteiger partial charge in [0.15, 0.2) is 0 Å². The largest absolute Gasteiger partial charge is 0.378 e. The van der Waals surface area contributed by atoms with Gasteiger partial charge in [-0.05, 0) is 13.0 Å². The van der Waals surface area contributed by atoms with Crippen LogP contribution in [0.2, 0.25) is 0 Å². The third-order valence-corrected chi connectivity index (χ3v) is 1.50. The average molecular weight is 173 g/mol. The van der Waals surface area contributed by atoms with E-state index in [4.69, 9.17) is 4.11 Å². The first kappa shape index (κ1) is 5.75. The molecular weight excluding hydrogens is 157 g/mol. The molecule has 1 rings (SSSR count). The molecule has 62 valence electrons. The van der Waals surface area contributed by atoms with Crippen molar-refractivity contribution in [1.29, 1.82) is 0 Å². The summed E-state index contributed by atoms with van der Waals surface area (Å²) in [6.07, 6.45) is -1.57. The van der Waals surface area contributed by atoms with E-state index in [0.29, 0.717) is 13.0 Å². The summed E-state index contributed by atoms with van der Waals surface area (Å²) in [5, 5.41) is 2.81. The molecule has 0 aromatic rings. The van der Waals surface area contributed by atoms with Crippen molar-refractivity contribution in [1.82, 2.24) is 5.32 Å². The zero-order chi connectivity index (χ0) is 9.19. The summed E-state index contributed by atoms with van der Waals surface area (Å²) in [4.78, 5) is 0. The van der Waals surface area contributed by atoms with E-state index in [1.165, 1.54) is 0 Å². The number of rotatable bonds is 1. The van der Waals surface area contributed by atoms with E-state index in [-0.39, 0.29) is 19.0 Å². The van der Waals surface area contributed by atoms with Crippen molar-refractivity contribution in [3.05, 3.63) is 0 Å². The summed E-state index contributed by atoms with van der Waals surface area (Å²) in [6.45, 7) is 0.794. The third-order valence-electron chi connectivity index (χ3n) is 1.50. The highest BCUT2D eigenvalue weighted by molar-refractivity contribution is 5.85. The lowest BCUT2D eigenvalue weighted by Gasteiger charge is -2.24. The predicted octanol–water partition coefficient (Wildman–Crippen LogP) is 0.755. The maximum atomic E-state index is 12.9. The molecule has 0 radical (unpaired) electrons. The molecule has 0 unspecified atom stereocenters. The molecule has 1 aliphatic rings. The van der Waals surface area contributed by atoms with E-state index in [0.717, 1.165) is 0 Å². The van der Waals surface area contributed by atoms with E-state index < -0.39 is 19.3 Å². The molecule has 1 heterocycles. The molecule has 2 nitrogen and oxygen atoms in total. The Morgan fingerprint density at radius 3 is 3.20 bits per heavy atom. The van der Waals surface area contributed by atoms with Gasteiger partial charge in [-0.15, -0.1) is 12.4 Å². The summed E-state index contributed by atoms with van der Waals surface area (Å²) >= 11 is 0. The molecule has 0 bridgehead atoms. The van der Waals surface area contributed by atoms with E-state index >= 15 is 0 Å². The van der Waals surface area contributed by atoms with Crippen molar-refractivity contribution in [2.75, 3.05) is 20.1 Å². The number of nitrogens with one attached hydrogen (secondary N) is 1. The monoisotopic (exact) mass is 172 g/mol. The van der Waals surface area contributed by atoms with Crippen LogP contribution in [0.5, 0.6) is 0 Å². The molecule has 10 heavy (non-hydrogen) atoms. The van der Waals surface area contributed by atoms with Crippen molar-refractivity contribution in [2.45, 2.75) is 18.7 Å². The first-order chi connectivity index (χ1) is 5.49. The van der Waals surface area contributed by atoms with Crippen LogP contribution in [0.3, 0.4) is 0 Å². The van der Waals surface area contributed by atoms with Crippen LogP contribution in [-0.2, 0) is 4.74 Å². The predicted molar refractivity (Wildman–Crippen MR) is 40.4 cm³/mol. The number of methoxy groups -OCH3 is 1. The number of halogens is 2. The lowest BCUT2D eigenvalue weighted by Crippen LogP contribution is -2.42. The maximum absolute atomic E-state index is 12.9. The minimum absolute atomic E-state index is 0. The minimum Gasteiger partial charge on any atom is -0.378 e. The fourth-order valence-electron chi connectivity index (χ4n) is 0.929. The highest BCUT2D eigenvalue weighted by Crippen LogP contribution is 2.09. The van der Waals surface area contributed by atoms with Crippen LogP contribution in [0.4, 0.5) is 4.39 Å². The molecule has 0 saturated carbocycles. The Labute approximate surface area is 70.8 Å². The van der Waals surface area contributed by atoms with Crippen LogP contribution < -0.4 is 5.32 Å². The van der Waals surface area contributed by atoms with E-state index in [1.807, 2.05) is 0 Å². The molecule has 0 spiro atoms. The van der Waals surface area contributed by atoms with Gasteiger partial charge >= 0.3 is 0 Å². The quantitative estimate of drug-likeness (QED) is 0.631. The van der Waals surface area contributed by atoms with Crippen molar-refractivity contribution in [3.8, 4) is 0 Å². The molecule has 0 amide bonds. The van der Waals surface area contributed by atoms with E-state index in [2.05, 4.69) is 10.1 Å². The normalized spacial score (nSPS) is 38.7. The van der Waals surface area contributed by atoms with E-state index in [9.17, 15) is 4.39 Å². The Balaban J connectivity index is 0.00000144. The van der Waals surface area contributed by atoms with E-state index in [1.54, 1.807) is 0 Å². The third kappa shape index (κ3) is 2.40. The molecule has 1 aliphatic heterocycles. The fraction of sp³-hybridized carbons (Fsp3) is 1.00. The summed E-state index contributed by atoms with van der Waals surface area (Å²) < 4.78 is 37.9. The van der Waals surface area contributed by atoms with Gasteiger partial charge in [0.05, 0.1) is 10.2 Å². The van der Waals surface area contributed by atoms with Gasteiger partial charge in [-0.25, -0.2) is 4.39 Å². The second kappa shape index (κ2) is 4.88. The molecule has 0 aromatic carbocycles. The number of hydrogen-bond acceptors (Lipinski definition) is 2. The van der Waals surface area contributed by atoms with Gasteiger partial charge in [0.2, 0.25) is 0 Å². The molecule has 1 saturated heterocycles. The second-order valence-electron chi connectivity index (χ2n) is 2.17. The van der Waals surface area contributed by atoms with Gasteiger partial charge in [-0.2, -0.15) is 0 Å². The van der Waals surface area contributed by atoms with Crippen LogP contribution in [0.25, 0.3) is 0 Å². The van der Waals surface area contributed by atoms with Crippen LogP contribution in [-0.4, -0.2) is 32.4 Å². The molecule has 4 heteroatoms. The number of ether oxygens (including phenoxy) is 1. The Kier molecular flexibility index (Phi) is 2.80. The van der Waals surface area contributed by atoms with Gasteiger partial charge in [-0.1, -0.05) is 0 Å². The number of piperidine rings is 1. The second-order valence-corrected chi connectivity index (χ2v) is 2.17. The van der Waals surface area contributed by atoms with Crippen molar-refractivity contribution in [2.24, 2.45) is 0 Å². The first-order valence-electron chi connectivity index (χ1n) is 4.51. The molecular formula is C6H13ClFNO. The van der Waals surface area contributed by atoms with Crippen molar-refractivity contribution in [3.63, 3.8) is 0 Å². The summed E-state index contributed by atoms with van der Waals surface area (Å²) in [6, 6.07) is 0.